The van der Waals surface area contributed by atoms with E-state index in [1.54, 1.807) is 12.1 Å². The lowest BCUT2D eigenvalue weighted by Crippen LogP contribution is -2.19. The molecule has 3 rings (SSSR count). The Bertz CT molecular complexity index is 914. The molecule has 2 aromatic heterocycles. The molecule has 0 amide bonds. The van der Waals surface area contributed by atoms with Crippen LogP contribution in [0.25, 0.3) is 0 Å². The number of allylic oxidation sites excluding steroid dienone is 2. The molecule has 1 aliphatic rings. The van der Waals surface area contributed by atoms with Gasteiger partial charge in [0, 0.05) is 23.5 Å². The van der Waals surface area contributed by atoms with Crippen molar-refractivity contribution in [2.24, 2.45) is 0 Å². The minimum atomic E-state index is -4.46. The van der Waals surface area contributed by atoms with E-state index in [2.05, 4.69) is 14.7 Å². The predicted octanol–water partition coefficient (Wildman–Crippen LogP) is 5.02. The van der Waals surface area contributed by atoms with Crippen LogP contribution in [0.5, 0.6) is 5.88 Å². The molecule has 0 saturated carbocycles. The number of pyridine rings is 2. The number of aromatic nitrogens is 2. The molecule has 9 heteroatoms. The van der Waals surface area contributed by atoms with E-state index in [0.29, 0.717) is 35.5 Å². The molecular formula is C18H13Cl2F3N2O2. The maximum atomic E-state index is 12.2. The number of rotatable bonds is 5. The molecule has 142 valence electrons. The third-order valence-electron chi connectivity index (χ3n) is 3.98. The first-order chi connectivity index (χ1) is 12.7. The summed E-state index contributed by atoms with van der Waals surface area (Å²) in [5.41, 5.74) is 2.86. The molecule has 4 nitrogen and oxygen atoms in total. The second-order valence-corrected chi connectivity index (χ2v) is 6.77. The van der Waals surface area contributed by atoms with E-state index in [-0.39, 0.29) is 16.7 Å². The van der Waals surface area contributed by atoms with Crippen LogP contribution in [0.3, 0.4) is 0 Å². The summed E-state index contributed by atoms with van der Waals surface area (Å²) in [4.78, 5) is 20.0. The molecule has 2 aromatic rings. The molecule has 1 aliphatic carbocycles. The fourth-order valence-corrected chi connectivity index (χ4v) is 3.20. The van der Waals surface area contributed by atoms with Crippen LogP contribution >= 0.6 is 23.2 Å². The molecular weight excluding hydrogens is 404 g/mol. The normalized spacial score (nSPS) is 14.0. The van der Waals surface area contributed by atoms with Gasteiger partial charge in [0.1, 0.15) is 10.2 Å². The van der Waals surface area contributed by atoms with Crippen molar-refractivity contribution in [2.45, 2.75) is 25.4 Å². The molecule has 0 bridgehead atoms. The lowest BCUT2D eigenvalue weighted by Gasteiger charge is -2.17. The molecule has 0 spiro atoms. The monoisotopic (exact) mass is 416 g/mol. The van der Waals surface area contributed by atoms with Gasteiger partial charge in [-0.3, -0.25) is 4.79 Å². The highest BCUT2D eigenvalue weighted by molar-refractivity contribution is 6.32. The third kappa shape index (κ3) is 4.99. The number of aryl methyl sites for hydroxylation is 1. The quantitative estimate of drug-likeness (QED) is 0.641. The molecule has 0 aromatic carbocycles. The highest BCUT2D eigenvalue weighted by Crippen LogP contribution is 2.29. The number of alkyl halides is 3. The zero-order chi connectivity index (χ0) is 19.6. The van der Waals surface area contributed by atoms with Crippen molar-refractivity contribution in [2.75, 3.05) is 6.61 Å². The van der Waals surface area contributed by atoms with Crippen LogP contribution in [-0.4, -0.2) is 28.5 Å². The number of nitrogens with zero attached hydrogens (tertiary/aromatic N) is 2. The third-order valence-corrected chi connectivity index (χ3v) is 4.58. The maximum absolute atomic E-state index is 12.2. The predicted molar refractivity (Wildman–Crippen MR) is 94.5 cm³/mol. The Kier molecular flexibility index (Phi) is 5.72. The van der Waals surface area contributed by atoms with E-state index in [1.807, 2.05) is 0 Å². The molecule has 0 aliphatic heterocycles. The van der Waals surface area contributed by atoms with Gasteiger partial charge in [-0.2, -0.15) is 13.2 Å². The molecule has 27 heavy (non-hydrogen) atoms. The molecule has 0 unspecified atom stereocenters. The Labute approximate surface area is 163 Å². The maximum Gasteiger partial charge on any atom is 0.422 e. The Balaban J connectivity index is 1.65. The van der Waals surface area contributed by atoms with Crippen molar-refractivity contribution in [3.05, 3.63) is 63.0 Å². The molecule has 0 atom stereocenters. The number of carbonyl (C=O) groups excluding carboxylic acids is 1. The lowest BCUT2D eigenvalue weighted by atomic mass is 9.89. The Morgan fingerprint density at radius 1 is 1.19 bits per heavy atom. The molecule has 0 fully saturated rings. The highest BCUT2D eigenvalue weighted by Gasteiger charge is 2.29. The number of carbonyl (C=O) groups is 1. The molecule has 0 N–H and O–H groups in total. The highest BCUT2D eigenvalue weighted by atomic mass is 35.5. The first-order valence-electron chi connectivity index (χ1n) is 7.94. The SMILES string of the molecule is O=C1C=C(CCc2cnc(OCC(F)(F)F)c(Cl)c2)Cc2c1ccnc2Cl. The standard InChI is InChI=1S/C18H13Cl2F3N2O2/c19-14-6-11(8-25-17(14)27-9-18(21,22)23)2-1-10-5-13-12(15(26)7-10)3-4-24-16(13)20/h3-4,6-8H,1-2,5,9H2. The van der Waals surface area contributed by atoms with Crippen LogP contribution in [0, 0.1) is 0 Å². The largest absolute Gasteiger partial charge is 0.467 e. The van der Waals surface area contributed by atoms with Crippen molar-refractivity contribution >= 4 is 29.0 Å². The fourth-order valence-electron chi connectivity index (χ4n) is 2.73. The zero-order valence-corrected chi connectivity index (χ0v) is 15.3. The van der Waals surface area contributed by atoms with E-state index >= 15 is 0 Å². The summed E-state index contributed by atoms with van der Waals surface area (Å²) in [6.07, 6.45) is 1.60. The van der Waals surface area contributed by atoms with Crippen molar-refractivity contribution in [1.82, 2.24) is 9.97 Å². The van der Waals surface area contributed by atoms with Crippen LogP contribution in [0.2, 0.25) is 10.2 Å². The summed E-state index contributed by atoms with van der Waals surface area (Å²) in [6, 6.07) is 3.15. The Hall–Kier alpha value is -2.12. The molecule has 0 radical (unpaired) electrons. The number of ketones is 1. The number of ether oxygens (including phenoxy) is 1. The van der Waals surface area contributed by atoms with Crippen LogP contribution in [0.4, 0.5) is 13.2 Å². The van der Waals surface area contributed by atoms with Gasteiger partial charge in [-0.1, -0.05) is 28.8 Å². The first kappa shape index (κ1) is 19.6. The molecule has 0 saturated heterocycles. The number of hydrogen-bond donors (Lipinski definition) is 0. The first-order valence-corrected chi connectivity index (χ1v) is 8.69. The van der Waals surface area contributed by atoms with E-state index in [9.17, 15) is 18.0 Å². The van der Waals surface area contributed by atoms with Crippen molar-refractivity contribution in [3.8, 4) is 5.88 Å². The summed E-state index contributed by atoms with van der Waals surface area (Å²) in [5, 5.41) is 0.311. The average molecular weight is 417 g/mol. The minimum Gasteiger partial charge on any atom is -0.467 e. The van der Waals surface area contributed by atoms with Crippen molar-refractivity contribution < 1.29 is 22.7 Å². The molecule has 2 heterocycles. The Morgan fingerprint density at radius 3 is 2.67 bits per heavy atom. The second kappa shape index (κ2) is 7.86. The van der Waals surface area contributed by atoms with Gasteiger partial charge in [0.2, 0.25) is 5.88 Å². The summed E-state index contributed by atoms with van der Waals surface area (Å²) in [6.45, 7) is -1.46. The Morgan fingerprint density at radius 2 is 1.96 bits per heavy atom. The van der Waals surface area contributed by atoms with Gasteiger partial charge in [-0.05, 0) is 43.0 Å². The van der Waals surface area contributed by atoms with Gasteiger partial charge in [-0.15, -0.1) is 0 Å². The smallest absolute Gasteiger partial charge is 0.422 e. The number of fused-ring (bicyclic) bond motifs is 1. The lowest BCUT2D eigenvalue weighted by molar-refractivity contribution is -0.154. The minimum absolute atomic E-state index is 0.00282. The van der Waals surface area contributed by atoms with E-state index in [4.69, 9.17) is 23.2 Å². The van der Waals surface area contributed by atoms with Gasteiger partial charge in [0.05, 0.1) is 0 Å². The topological polar surface area (TPSA) is 52.1 Å². The number of halogens is 5. The fraction of sp³-hybridized carbons (Fsp3) is 0.278. The van der Waals surface area contributed by atoms with E-state index in [0.717, 1.165) is 11.1 Å². The zero-order valence-electron chi connectivity index (χ0n) is 13.8. The summed E-state index contributed by atoms with van der Waals surface area (Å²) in [7, 11) is 0. The van der Waals surface area contributed by atoms with Crippen molar-refractivity contribution in [3.63, 3.8) is 0 Å². The van der Waals surface area contributed by atoms with Crippen LogP contribution < -0.4 is 4.74 Å². The van der Waals surface area contributed by atoms with E-state index in [1.165, 1.54) is 18.5 Å². The van der Waals surface area contributed by atoms with Crippen molar-refractivity contribution in [1.29, 1.82) is 0 Å². The van der Waals surface area contributed by atoms with Crippen LogP contribution in [0.1, 0.15) is 27.9 Å². The van der Waals surface area contributed by atoms with Gasteiger partial charge in [-0.25, -0.2) is 9.97 Å². The van der Waals surface area contributed by atoms with Gasteiger partial charge < -0.3 is 4.74 Å². The van der Waals surface area contributed by atoms with Gasteiger partial charge in [0.25, 0.3) is 0 Å². The summed E-state index contributed by atoms with van der Waals surface area (Å²) in [5.74, 6) is -0.390. The summed E-state index contributed by atoms with van der Waals surface area (Å²) >= 11 is 12.0. The number of hydrogen-bond acceptors (Lipinski definition) is 4. The second-order valence-electron chi connectivity index (χ2n) is 6.01. The van der Waals surface area contributed by atoms with E-state index < -0.39 is 12.8 Å². The average Bonchev–Trinajstić information content (AvgIpc) is 2.59. The summed E-state index contributed by atoms with van der Waals surface area (Å²) < 4.78 is 41.2. The van der Waals surface area contributed by atoms with Crippen LogP contribution in [0.15, 0.2) is 36.2 Å². The van der Waals surface area contributed by atoms with Gasteiger partial charge in [0.15, 0.2) is 12.4 Å². The van der Waals surface area contributed by atoms with Crippen LogP contribution in [-0.2, 0) is 12.8 Å². The van der Waals surface area contributed by atoms with Gasteiger partial charge >= 0.3 is 6.18 Å².